The van der Waals surface area contributed by atoms with E-state index in [0.29, 0.717) is 0 Å². The number of nitrogens with two attached hydrogens (primary N) is 1. The Morgan fingerprint density at radius 2 is 2.31 bits per heavy atom. The van der Waals surface area contributed by atoms with Crippen LogP contribution in [0.5, 0.6) is 5.75 Å². The molecule has 0 radical (unpaired) electrons. The predicted octanol–water partition coefficient (Wildman–Crippen LogP) is 3.68. The van der Waals surface area contributed by atoms with Crippen molar-refractivity contribution in [3.63, 3.8) is 0 Å². The van der Waals surface area contributed by atoms with Gasteiger partial charge < -0.3 is 10.5 Å². The maximum absolute atomic E-state index is 6.18. The first-order valence-electron chi connectivity index (χ1n) is 5.78. The average molecular weight is 240 g/mol. The van der Waals surface area contributed by atoms with Crippen molar-refractivity contribution in [2.45, 2.75) is 44.8 Å². The zero-order valence-electron chi connectivity index (χ0n) is 9.79. The SMILES string of the molecule is CCCC1(C)C[C@H](N)c2cc(Cl)ccc2O1. The van der Waals surface area contributed by atoms with Gasteiger partial charge in [-0.05, 0) is 31.5 Å². The number of fused-ring (bicyclic) bond motifs is 1. The summed E-state index contributed by atoms with van der Waals surface area (Å²) in [7, 11) is 0. The summed E-state index contributed by atoms with van der Waals surface area (Å²) in [6.45, 7) is 4.30. The summed E-state index contributed by atoms with van der Waals surface area (Å²) in [5, 5.41) is 0.719. The lowest BCUT2D eigenvalue weighted by molar-refractivity contribution is 0.0449. The molecule has 1 aliphatic rings. The molecular weight excluding hydrogens is 222 g/mol. The van der Waals surface area contributed by atoms with Gasteiger partial charge in [-0.15, -0.1) is 0 Å². The van der Waals surface area contributed by atoms with E-state index in [2.05, 4.69) is 13.8 Å². The molecule has 2 N–H and O–H groups in total. The highest BCUT2D eigenvalue weighted by Crippen LogP contribution is 2.41. The molecule has 16 heavy (non-hydrogen) atoms. The molecule has 2 atom stereocenters. The lowest BCUT2D eigenvalue weighted by Gasteiger charge is -2.38. The molecule has 0 saturated heterocycles. The first kappa shape index (κ1) is 11.7. The zero-order chi connectivity index (χ0) is 11.8. The second-order valence-electron chi connectivity index (χ2n) is 4.79. The first-order valence-corrected chi connectivity index (χ1v) is 6.16. The standard InChI is InChI=1S/C13H18ClNO/c1-3-6-13(2)8-11(15)10-7-9(14)4-5-12(10)16-13/h4-5,7,11H,3,6,8,15H2,1-2H3/t11-,13?/m0/s1. The van der Waals surface area contributed by atoms with Gasteiger partial charge in [0.1, 0.15) is 11.4 Å². The van der Waals surface area contributed by atoms with Gasteiger partial charge in [-0.2, -0.15) is 0 Å². The van der Waals surface area contributed by atoms with Crippen LogP contribution in [0, 0.1) is 0 Å². The average Bonchev–Trinajstić information content (AvgIpc) is 2.19. The van der Waals surface area contributed by atoms with Crippen LogP contribution < -0.4 is 10.5 Å². The van der Waals surface area contributed by atoms with Gasteiger partial charge in [0, 0.05) is 23.0 Å². The number of benzene rings is 1. The molecule has 88 valence electrons. The maximum atomic E-state index is 6.18. The highest BCUT2D eigenvalue weighted by Gasteiger charge is 2.34. The monoisotopic (exact) mass is 239 g/mol. The van der Waals surface area contributed by atoms with Crippen LogP contribution >= 0.6 is 11.6 Å². The molecule has 1 aliphatic heterocycles. The molecule has 2 nitrogen and oxygen atoms in total. The second-order valence-corrected chi connectivity index (χ2v) is 5.23. The first-order chi connectivity index (χ1) is 7.54. The summed E-state index contributed by atoms with van der Waals surface area (Å²) < 4.78 is 6.05. The smallest absolute Gasteiger partial charge is 0.125 e. The van der Waals surface area contributed by atoms with Crippen molar-refractivity contribution in [1.82, 2.24) is 0 Å². The summed E-state index contributed by atoms with van der Waals surface area (Å²) in [5.74, 6) is 0.888. The van der Waals surface area contributed by atoms with E-state index in [4.69, 9.17) is 22.1 Å². The summed E-state index contributed by atoms with van der Waals surface area (Å²) in [6, 6.07) is 5.71. The molecular formula is C13H18ClNO. The maximum Gasteiger partial charge on any atom is 0.125 e. The molecule has 0 fully saturated rings. The second kappa shape index (κ2) is 4.27. The van der Waals surface area contributed by atoms with Crippen LogP contribution in [-0.4, -0.2) is 5.60 Å². The highest BCUT2D eigenvalue weighted by molar-refractivity contribution is 6.30. The Labute approximate surface area is 102 Å². The van der Waals surface area contributed by atoms with Crippen molar-refractivity contribution >= 4 is 11.6 Å². The Hall–Kier alpha value is -0.730. The molecule has 0 bridgehead atoms. The Bertz CT molecular complexity index is 394. The van der Waals surface area contributed by atoms with Crippen LogP contribution in [-0.2, 0) is 0 Å². The fourth-order valence-electron chi connectivity index (χ4n) is 2.47. The third kappa shape index (κ3) is 2.18. The number of ether oxygens (including phenoxy) is 1. The lowest BCUT2D eigenvalue weighted by Crippen LogP contribution is -2.40. The van der Waals surface area contributed by atoms with E-state index in [0.717, 1.165) is 35.6 Å². The topological polar surface area (TPSA) is 35.2 Å². The Morgan fingerprint density at radius 1 is 1.56 bits per heavy atom. The zero-order valence-corrected chi connectivity index (χ0v) is 10.6. The third-order valence-corrected chi connectivity index (χ3v) is 3.39. The van der Waals surface area contributed by atoms with Gasteiger partial charge in [0.15, 0.2) is 0 Å². The molecule has 0 amide bonds. The van der Waals surface area contributed by atoms with Crippen LogP contribution in [0.2, 0.25) is 5.02 Å². The van der Waals surface area contributed by atoms with Gasteiger partial charge in [0.2, 0.25) is 0 Å². The van der Waals surface area contributed by atoms with Crippen LogP contribution in [0.4, 0.5) is 0 Å². The number of rotatable bonds is 2. The quantitative estimate of drug-likeness (QED) is 0.855. The molecule has 0 saturated carbocycles. The number of halogens is 1. The normalized spacial score (nSPS) is 28.4. The van der Waals surface area contributed by atoms with Gasteiger partial charge in [-0.25, -0.2) is 0 Å². The summed E-state index contributed by atoms with van der Waals surface area (Å²) in [6.07, 6.45) is 2.99. The van der Waals surface area contributed by atoms with Gasteiger partial charge in [-0.1, -0.05) is 24.9 Å². The Balaban J connectivity index is 2.33. The van der Waals surface area contributed by atoms with Crippen LogP contribution in [0.25, 0.3) is 0 Å². The van der Waals surface area contributed by atoms with Gasteiger partial charge >= 0.3 is 0 Å². The van der Waals surface area contributed by atoms with Crippen molar-refractivity contribution in [3.8, 4) is 5.75 Å². The lowest BCUT2D eigenvalue weighted by atomic mass is 9.86. The predicted molar refractivity (Wildman–Crippen MR) is 66.9 cm³/mol. The minimum Gasteiger partial charge on any atom is -0.487 e. The Morgan fingerprint density at radius 3 is 3.00 bits per heavy atom. The largest absolute Gasteiger partial charge is 0.487 e. The van der Waals surface area contributed by atoms with Gasteiger partial charge in [-0.3, -0.25) is 0 Å². The molecule has 1 aromatic carbocycles. The minimum atomic E-state index is -0.130. The summed E-state index contributed by atoms with van der Waals surface area (Å²) in [5.41, 5.74) is 7.08. The molecule has 1 aromatic rings. The van der Waals surface area contributed by atoms with Crippen molar-refractivity contribution in [2.75, 3.05) is 0 Å². The molecule has 2 rings (SSSR count). The van der Waals surface area contributed by atoms with Crippen molar-refractivity contribution < 1.29 is 4.74 Å². The summed E-state index contributed by atoms with van der Waals surface area (Å²) >= 11 is 5.96. The minimum absolute atomic E-state index is 0.0269. The van der Waals surface area contributed by atoms with E-state index in [1.54, 1.807) is 0 Å². The molecule has 0 spiro atoms. The van der Waals surface area contributed by atoms with Crippen molar-refractivity contribution in [1.29, 1.82) is 0 Å². The third-order valence-electron chi connectivity index (χ3n) is 3.16. The van der Waals surface area contributed by atoms with E-state index in [-0.39, 0.29) is 11.6 Å². The molecule has 0 aromatic heterocycles. The fourth-order valence-corrected chi connectivity index (χ4v) is 2.65. The van der Waals surface area contributed by atoms with Gasteiger partial charge in [0.25, 0.3) is 0 Å². The van der Waals surface area contributed by atoms with Gasteiger partial charge in [0.05, 0.1) is 0 Å². The van der Waals surface area contributed by atoms with E-state index in [1.165, 1.54) is 0 Å². The van der Waals surface area contributed by atoms with Crippen LogP contribution in [0.1, 0.15) is 44.7 Å². The number of hydrogen-bond acceptors (Lipinski definition) is 2. The molecule has 0 aliphatic carbocycles. The molecule has 3 heteroatoms. The van der Waals surface area contributed by atoms with Crippen LogP contribution in [0.15, 0.2) is 18.2 Å². The van der Waals surface area contributed by atoms with Crippen LogP contribution in [0.3, 0.4) is 0 Å². The van der Waals surface area contributed by atoms with Crippen molar-refractivity contribution in [3.05, 3.63) is 28.8 Å². The van der Waals surface area contributed by atoms with E-state index >= 15 is 0 Å². The van der Waals surface area contributed by atoms with E-state index < -0.39 is 0 Å². The Kier molecular flexibility index (Phi) is 3.13. The fraction of sp³-hybridized carbons (Fsp3) is 0.538. The molecule has 1 unspecified atom stereocenters. The van der Waals surface area contributed by atoms with E-state index in [1.807, 2.05) is 18.2 Å². The number of hydrogen-bond donors (Lipinski definition) is 1. The molecule has 1 heterocycles. The highest BCUT2D eigenvalue weighted by atomic mass is 35.5. The summed E-state index contributed by atoms with van der Waals surface area (Å²) in [4.78, 5) is 0. The van der Waals surface area contributed by atoms with E-state index in [9.17, 15) is 0 Å². The van der Waals surface area contributed by atoms with Crippen molar-refractivity contribution in [2.24, 2.45) is 5.73 Å².